The number of hydrogen-bond acceptors (Lipinski definition) is 5. The van der Waals surface area contributed by atoms with E-state index in [0.29, 0.717) is 36.0 Å². The number of benzene rings is 1. The number of aromatic hydroxyl groups is 1. The van der Waals surface area contributed by atoms with E-state index < -0.39 is 6.04 Å². The molecule has 2 amide bonds. The number of ketones is 1. The lowest BCUT2D eigenvalue weighted by atomic mass is 9.52. The zero-order chi connectivity index (χ0) is 34.0. The first-order chi connectivity index (χ1) is 22.5. The third-order valence-electron chi connectivity index (χ3n) is 12.4. The molecule has 0 radical (unpaired) electrons. The molecule has 264 valence electrons. The molecule has 0 aliphatic heterocycles. The van der Waals surface area contributed by atoms with Crippen molar-refractivity contribution in [3.05, 3.63) is 29.3 Å². The van der Waals surface area contributed by atoms with E-state index in [1.807, 2.05) is 26.0 Å². The second-order valence-electron chi connectivity index (χ2n) is 15.7. The van der Waals surface area contributed by atoms with Gasteiger partial charge in [0.15, 0.2) is 0 Å². The van der Waals surface area contributed by atoms with Gasteiger partial charge in [-0.3, -0.25) is 9.59 Å². The van der Waals surface area contributed by atoms with Gasteiger partial charge in [-0.15, -0.1) is 0 Å². The monoisotopic (exact) mass is 652 g/mol. The number of nitrogens with one attached hydrogen (secondary N) is 2. The average Bonchev–Trinajstić information content (AvgIpc) is 3.35. The van der Waals surface area contributed by atoms with Crippen molar-refractivity contribution >= 4 is 17.6 Å². The van der Waals surface area contributed by atoms with E-state index in [9.17, 15) is 24.6 Å². The maximum Gasteiger partial charge on any atom is 0.242 e. The topological polar surface area (TPSA) is 116 Å². The van der Waals surface area contributed by atoms with Crippen molar-refractivity contribution in [2.75, 3.05) is 6.54 Å². The third kappa shape index (κ3) is 9.83. The van der Waals surface area contributed by atoms with Crippen molar-refractivity contribution in [3.63, 3.8) is 0 Å². The van der Waals surface area contributed by atoms with Gasteiger partial charge in [-0.25, -0.2) is 0 Å². The summed E-state index contributed by atoms with van der Waals surface area (Å²) < 4.78 is 0. The van der Waals surface area contributed by atoms with Crippen LogP contribution in [0.2, 0.25) is 0 Å². The molecular weight excluding hydrogens is 588 g/mol. The number of fused-ring (bicyclic) bond motifs is 5. The highest BCUT2D eigenvalue weighted by Crippen LogP contribution is 2.62. The van der Waals surface area contributed by atoms with Crippen molar-refractivity contribution in [1.29, 1.82) is 0 Å². The minimum atomic E-state index is -0.554. The van der Waals surface area contributed by atoms with Crippen molar-refractivity contribution < 1.29 is 24.6 Å². The van der Waals surface area contributed by atoms with E-state index >= 15 is 0 Å². The Balaban J connectivity index is 1.10. The number of phenols is 1. The first-order valence-electron chi connectivity index (χ1n) is 19.1. The zero-order valence-electron chi connectivity index (χ0n) is 29.8. The fourth-order valence-electron chi connectivity index (χ4n) is 9.36. The third-order valence-corrected chi connectivity index (χ3v) is 12.4. The lowest BCUT2D eigenvalue weighted by Gasteiger charge is -2.53. The van der Waals surface area contributed by atoms with E-state index in [0.717, 1.165) is 51.4 Å². The Morgan fingerprint density at radius 2 is 1.64 bits per heavy atom. The number of aliphatic hydroxyl groups excluding tert-OH is 1. The molecule has 4 N–H and O–H groups in total. The Morgan fingerprint density at radius 1 is 0.957 bits per heavy atom. The second-order valence-corrected chi connectivity index (χ2v) is 15.7. The maximum atomic E-state index is 12.8. The average molecular weight is 653 g/mol. The van der Waals surface area contributed by atoms with Gasteiger partial charge >= 0.3 is 0 Å². The molecule has 3 aliphatic carbocycles. The van der Waals surface area contributed by atoms with E-state index in [-0.39, 0.29) is 47.9 Å². The largest absolute Gasteiger partial charge is 0.508 e. The van der Waals surface area contributed by atoms with Crippen LogP contribution in [-0.2, 0) is 20.8 Å². The van der Waals surface area contributed by atoms with Crippen LogP contribution in [0.15, 0.2) is 18.2 Å². The molecule has 7 nitrogen and oxygen atoms in total. The Kier molecular flexibility index (Phi) is 14.2. The summed E-state index contributed by atoms with van der Waals surface area (Å²) in [6.07, 6.45) is 18.5. The lowest BCUT2D eigenvalue weighted by molar-refractivity contribution is -0.130. The first kappa shape index (κ1) is 37.4. The summed E-state index contributed by atoms with van der Waals surface area (Å²) in [7, 11) is 0. The van der Waals surface area contributed by atoms with E-state index in [1.54, 1.807) is 0 Å². The van der Waals surface area contributed by atoms with E-state index in [1.165, 1.54) is 69.4 Å². The number of phenolic OH excluding ortho intramolecular Hbond substituents is 1. The fourth-order valence-corrected chi connectivity index (χ4v) is 9.36. The van der Waals surface area contributed by atoms with Gasteiger partial charge in [0.05, 0.1) is 6.10 Å². The van der Waals surface area contributed by atoms with Crippen LogP contribution in [0.1, 0.15) is 154 Å². The number of carbonyl (C=O) groups excluding carboxylic acids is 3. The molecule has 1 unspecified atom stereocenters. The number of Topliss-reactive ketones (excluding diaryl/α,β-unsaturated/α-hetero) is 1. The van der Waals surface area contributed by atoms with Gasteiger partial charge in [0.25, 0.3) is 0 Å². The molecule has 0 saturated heterocycles. The van der Waals surface area contributed by atoms with Crippen LogP contribution >= 0.6 is 0 Å². The zero-order valence-corrected chi connectivity index (χ0v) is 29.8. The molecule has 0 aromatic heterocycles. The van der Waals surface area contributed by atoms with Crippen LogP contribution < -0.4 is 10.6 Å². The van der Waals surface area contributed by atoms with Gasteiger partial charge in [0.2, 0.25) is 11.8 Å². The molecule has 4 rings (SSSR count). The van der Waals surface area contributed by atoms with Crippen LogP contribution in [0, 0.1) is 29.1 Å². The molecule has 3 aliphatic rings. The van der Waals surface area contributed by atoms with Crippen molar-refractivity contribution in [2.45, 2.75) is 161 Å². The second kappa shape index (κ2) is 17.8. The predicted molar refractivity (Wildman–Crippen MR) is 188 cm³/mol. The van der Waals surface area contributed by atoms with Gasteiger partial charge in [-0.05, 0) is 110 Å². The lowest BCUT2D eigenvalue weighted by Crippen LogP contribution is -2.50. The van der Waals surface area contributed by atoms with Crippen molar-refractivity contribution in [1.82, 2.24) is 10.6 Å². The quantitative estimate of drug-likeness (QED) is 0.114. The molecule has 2 saturated carbocycles. The summed E-state index contributed by atoms with van der Waals surface area (Å²) in [5, 5.41) is 27.0. The Hall–Kier alpha value is -2.41. The van der Waals surface area contributed by atoms with Crippen LogP contribution in [0.25, 0.3) is 0 Å². The number of hydrogen-bond donors (Lipinski definition) is 4. The fraction of sp³-hybridized carbons (Fsp3) is 0.775. The van der Waals surface area contributed by atoms with Crippen LogP contribution in [0.5, 0.6) is 5.75 Å². The van der Waals surface area contributed by atoms with Crippen molar-refractivity contribution in [3.8, 4) is 5.75 Å². The summed E-state index contributed by atoms with van der Waals surface area (Å²) in [5.74, 6) is 2.53. The normalized spacial score (nSPS) is 27.6. The summed E-state index contributed by atoms with van der Waals surface area (Å²) in [5.41, 5.74) is 2.90. The number of rotatable bonds is 19. The summed E-state index contributed by atoms with van der Waals surface area (Å²) >= 11 is 0. The molecule has 0 heterocycles. The van der Waals surface area contributed by atoms with Crippen LogP contribution in [0.3, 0.4) is 0 Å². The van der Waals surface area contributed by atoms with Crippen LogP contribution in [0.4, 0.5) is 0 Å². The predicted octanol–water partition coefficient (Wildman–Crippen LogP) is 7.75. The highest BCUT2D eigenvalue weighted by atomic mass is 16.3. The molecule has 2 fully saturated rings. The Bertz CT molecular complexity index is 1190. The first-order valence-corrected chi connectivity index (χ1v) is 19.1. The number of amides is 2. The summed E-state index contributed by atoms with van der Waals surface area (Å²) in [6, 6.07) is 5.53. The molecule has 8 atom stereocenters. The smallest absolute Gasteiger partial charge is 0.242 e. The van der Waals surface area contributed by atoms with Crippen molar-refractivity contribution in [2.24, 2.45) is 29.1 Å². The molecule has 0 bridgehead atoms. The summed E-state index contributed by atoms with van der Waals surface area (Å²) in [4.78, 5) is 36.2. The van der Waals surface area contributed by atoms with Crippen LogP contribution in [-0.4, -0.2) is 46.5 Å². The highest BCUT2D eigenvalue weighted by Gasteiger charge is 2.56. The molecule has 47 heavy (non-hydrogen) atoms. The molecule has 0 spiro atoms. The number of aliphatic hydroxyl groups is 1. The standard InChI is InChI=1S/C40H64N2O5/c1-5-27(2)38(42-36(46)21-16-28(3)43)39(47)41-24-14-12-10-8-6-7-9-11-13-15-29-25-30-26-31(44)17-18-32(30)33-22-23-40(4)34(37(29)33)19-20-35(40)45/h17-18,26-27,29,33-35,37-38,44-45H,5-16,19-25H2,1-4H3,(H,41,47)(H,42,46)/t27?,29-,33-,34+,35+,37-,38+,40+/m1/s1. The molecule has 1 aromatic carbocycles. The van der Waals surface area contributed by atoms with Gasteiger partial charge in [-0.1, -0.05) is 84.6 Å². The minimum Gasteiger partial charge on any atom is -0.508 e. The molecule has 7 heteroatoms. The SMILES string of the molecule is CCC(C)[C@H](NC(=O)CCC(C)=O)C(=O)NCCCCCCCCCCC[C@@H]1Cc2cc(O)ccc2[C@H]2CC[C@]3(C)[C@@H](O)CC[C@H]3[C@H]12. The van der Waals surface area contributed by atoms with E-state index in [4.69, 9.17) is 0 Å². The van der Waals surface area contributed by atoms with E-state index in [2.05, 4.69) is 23.6 Å². The highest BCUT2D eigenvalue weighted by molar-refractivity contribution is 5.89. The molecular formula is C40H64N2O5. The number of unbranched alkanes of at least 4 members (excludes halogenated alkanes) is 8. The summed E-state index contributed by atoms with van der Waals surface area (Å²) in [6.45, 7) is 8.44. The Labute approximate surface area is 284 Å². The minimum absolute atomic E-state index is 0.0227. The number of carbonyl (C=O) groups is 3. The Morgan fingerprint density at radius 3 is 2.32 bits per heavy atom. The van der Waals surface area contributed by atoms with Gasteiger partial charge in [-0.2, -0.15) is 0 Å². The van der Waals surface area contributed by atoms with Gasteiger partial charge < -0.3 is 25.6 Å². The molecule has 1 aromatic rings. The van der Waals surface area contributed by atoms with Gasteiger partial charge in [0.1, 0.15) is 17.6 Å². The van der Waals surface area contributed by atoms with Gasteiger partial charge in [0, 0.05) is 19.4 Å². The maximum absolute atomic E-state index is 12.8.